The zero-order chi connectivity index (χ0) is 12.5. The minimum atomic E-state index is -0.147. The molecule has 0 saturated heterocycles. The van der Waals surface area contributed by atoms with Gasteiger partial charge in [-0.2, -0.15) is 5.26 Å². The standard InChI is InChI=1S/C13H12N2O2/c1-2-8-17-9-7-13(16)15-12-5-3-11(10-14)4-6-12/h1,3-6H,7-9H2,(H,15,16). The highest BCUT2D eigenvalue weighted by molar-refractivity contribution is 5.90. The minimum absolute atomic E-state index is 0.147. The maximum absolute atomic E-state index is 11.4. The molecular weight excluding hydrogens is 216 g/mol. The Morgan fingerprint density at radius 1 is 1.41 bits per heavy atom. The van der Waals surface area contributed by atoms with Crippen LogP contribution in [0.1, 0.15) is 12.0 Å². The maximum atomic E-state index is 11.4. The van der Waals surface area contributed by atoms with E-state index in [0.717, 1.165) is 0 Å². The van der Waals surface area contributed by atoms with Crippen molar-refractivity contribution in [2.24, 2.45) is 0 Å². The lowest BCUT2D eigenvalue weighted by molar-refractivity contribution is -0.117. The summed E-state index contributed by atoms with van der Waals surface area (Å²) in [5, 5.41) is 11.3. The van der Waals surface area contributed by atoms with Gasteiger partial charge >= 0.3 is 0 Å². The molecule has 0 saturated carbocycles. The van der Waals surface area contributed by atoms with Crippen LogP contribution in [0.25, 0.3) is 0 Å². The molecule has 0 spiro atoms. The lowest BCUT2D eigenvalue weighted by Crippen LogP contribution is -2.14. The van der Waals surface area contributed by atoms with Crippen LogP contribution in [0, 0.1) is 23.7 Å². The van der Waals surface area contributed by atoms with Gasteiger partial charge in [0.1, 0.15) is 6.61 Å². The quantitative estimate of drug-likeness (QED) is 0.614. The van der Waals surface area contributed by atoms with Crippen LogP contribution >= 0.6 is 0 Å². The molecule has 0 atom stereocenters. The molecule has 0 aliphatic heterocycles. The second kappa shape index (κ2) is 7.05. The van der Waals surface area contributed by atoms with Gasteiger partial charge < -0.3 is 10.1 Å². The Kier molecular flexibility index (Phi) is 5.30. The summed E-state index contributed by atoms with van der Waals surface area (Å²) in [5.74, 6) is 2.17. The van der Waals surface area contributed by atoms with E-state index in [1.165, 1.54) is 0 Å². The first-order valence-electron chi connectivity index (χ1n) is 5.07. The van der Waals surface area contributed by atoms with Gasteiger partial charge in [-0.05, 0) is 24.3 Å². The van der Waals surface area contributed by atoms with Crippen molar-refractivity contribution in [1.82, 2.24) is 0 Å². The van der Waals surface area contributed by atoms with Crippen LogP contribution in [-0.2, 0) is 9.53 Å². The average molecular weight is 228 g/mol. The summed E-state index contributed by atoms with van der Waals surface area (Å²) in [6, 6.07) is 8.65. The lowest BCUT2D eigenvalue weighted by atomic mass is 10.2. The summed E-state index contributed by atoms with van der Waals surface area (Å²) in [5.41, 5.74) is 1.21. The largest absolute Gasteiger partial charge is 0.368 e. The molecule has 1 N–H and O–H groups in total. The van der Waals surface area contributed by atoms with Crippen molar-refractivity contribution in [2.45, 2.75) is 6.42 Å². The maximum Gasteiger partial charge on any atom is 0.226 e. The summed E-state index contributed by atoms with van der Waals surface area (Å²) >= 11 is 0. The van der Waals surface area contributed by atoms with E-state index in [4.69, 9.17) is 16.4 Å². The van der Waals surface area contributed by atoms with E-state index in [9.17, 15) is 4.79 Å². The van der Waals surface area contributed by atoms with Crippen LogP contribution in [0.2, 0.25) is 0 Å². The molecule has 1 aromatic carbocycles. The third-order valence-electron chi connectivity index (χ3n) is 1.96. The highest BCUT2D eigenvalue weighted by atomic mass is 16.5. The molecule has 0 heterocycles. The van der Waals surface area contributed by atoms with E-state index in [2.05, 4.69) is 11.2 Å². The number of anilines is 1. The number of nitriles is 1. The van der Waals surface area contributed by atoms with Crippen molar-refractivity contribution in [3.05, 3.63) is 29.8 Å². The van der Waals surface area contributed by atoms with Gasteiger partial charge in [0.05, 0.1) is 24.7 Å². The van der Waals surface area contributed by atoms with Crippen molar-refractivity contribution in [2.75, 3.05) is 18.5 Å². The van der Waals surface area contributed by atoms with Crippen LogP contribution in [0.3, 0.4) is 0 Å². The third kappa shape index (κ3) is 4.83. The topological polar surface area (TPSA) is 62.1 Å². The smallest absolute Gasteiger partial charge is 0.226 e. The van der Waals surface area contributed by atoms with E-state index < -0.39 is 0 Å². The van der Waals surface area contributed by atoms with Gasteiger partial charge in [0.15, 0.2) is 0 Å². The summed E-state index contributed by atoms with van der Waals surface area (Å²) in [6.45, 7) is 0.510. The normalized spacial score (nSPS) is 9.06. The number of nitrogens with one attached hydrogen (secondary N) is 1. The van der Waals surface area contributed by atoms with Crippen molar-refractivity contribution < 1.29 is 9.53 Å². The Labute approximate surface area is 100 Å². The Balaban J connectivity index is 2.35. The second-order valence-corrected chi connectivity index (χ2v) is 3.24. The van der Waals surface area contributed by atoms with Crippen LogP contribution < -0.4 is 5.32 Å². The molecule has 1 amide bonds. The Morgan fingerprint density at radius 2 is 2.12 bits per heavy atom. The SMILES string of the molecule is C#CCOCCC(=O)Nc1ccc(C#N)cc1. The molecule has 0 aliphatic carbocycles. The number of amides is 1. The molecule has 86 valence electrons. The van der Waals surface area contributed by atoms with E-state index >= 15 is 0 Å². The zero-order valence-corrected chi connectivity index (χ0v) is 9.27. The molecule has 1 aromatic rings. The van der Waals surface area contributed by atoms with E-state index in [1.807, 2.05) is 6.07 Å². The van der Waals surface area contributed by atoms with E-state index in [-0.39, 0.29) is 18.9 Å². The second-order valence-electron chi connectivity index (χ2n) is 3.24. The predicted molar refractivity (Wildman–Crippen MR) is 64.1 cm³/mol. The van der Waals surface area contributed by atoms with E-state index in [0.29, 0.717) is 17.9 Å². The fourth-order valence-electron chi connectivity index (χ4n) is 1.15. The van der Waals surface area contributed by atoms with Gasteiger partial charge in [-0.15, -0.1) is 6.42 Å². The first-order chi connectivity index (χ1) is 8.26. The molecule has 17 heavy (non-hydrogen) atoms. The number of benzene rings is 1. The summed E-state index contributed by atoms with van der Waals surface area (Å²) in [7, 11) is 0. The Bertz CT molecular complexity index is 452. The van der Waals surface area contributed by atoms with Crippen LogP contribution in [0.4, 0.5) is 5.69 Å². The molecule has 0 aromatic heterocycles. The third-order valence-corrected chi connectivity index (χ3v) is 1.96. The first kappa shape index (κ1) is 12.8. The average Bonchev–Trinajstić information content (AvgIpc) is 2.36. The first-order valence-corrected chi connectivity index (χ1v) is 5.07. The lowest BCUT2D eigenvalue weighted by Gasteiger charge is -2.04. The van der Waals surface area contributed by atoms with Gasteiger partial charge in [-0.25, -0.2) is 0 Å². The van der Waals surface area contributed by atoms with Crippen molar-refractivity contribution in [3.63, 3.8) is 0 Å². The van der Waals surface area contributed by atoms with Gasteiger partial charge in [0, 0.05) is 5.69 Å². The highest BCUT2D eigenvalue weighted by Crippen LogP contribution is 2.08. The summed E-state index contributed by atoms with van der Waals surface area (Å²) in [6.07, 6.45) is 5.25. The van der Waals surface area contributed by atoms with Crippen LogP contribution in [0.5, 0.6) is 0 Å². The zero-order valence-electron chi connectivity index (χ0n) is 9.27. The van der Waals surface area contributed by atoms with Gasteiger partial charge in [0.2, 0.25) is 5.91 Å². The van der Waals surface area contributed by atoms with Gasteiger partial charge in [-0.3, -0.25) is 4.79 Å². The molecule has 0 radical (unpaired) electrons. The molecule has 4 heteroatoms. The summed E-state index contributed by atoms with van der Waals surface area (Å²) in [4.78, 5) is 11.4. The number of ether oxygens (including phenoxy) is 1. The number of carbonyl (C=O) groups is 1. The van der Waals surface area contributed by atoms with E-state index in [1.54, 1.807) is 24.3 Å². The molecular formula is C13H12N2O2. The Morgan fingerprint density at radius 3 is 2.71 bits per heavy atom. The molecule has 1 rings (SSSR count). The molecule has 0 fully saturated rings. The molecule has 0 unspecified atom stereocenters. The van der Waals surface area contributed by atoms with Crippen molar-refractivity contribution in [3.8, 4) is 18.4 Å². The predicted octanol–water partition coefficient (Wildman–Crippen LogP) is 1.54. The van der Waals surface area contributed by atoms with Gasteiger partial charge in [0.25, 0.3) is 0 Å². The number of nitrogens with zero attached hydrogens (tertiary/aromatic N) is 1. The Hall–Kier alpha value is -2.30. The van der Waals surface area contributed by atoms with Crippen molar-refractivity contribution in [1.29, 1.82) is 5.26 Å². The summed E-state index contributed by atoms with van der Waals surface area (Å²) < 4.78 is 4.99. The fourth-order valence-corrected chi connectivity index (χ4v) is 1.15. The number of carbonyl (C=O) groups excluding carboxylic acids is 1. The number of terminal acetylenes is 1. The van der Waals surface area contributed by atoms with Gasteiger partial charge in [-0.1, -0.05) is 5.92 Å². The highest BCUT2D eigenvalue weighted by Gasteiger charge is 2.01. The minimum Gasteiger partial charge on any atom is -0.368 e. The fraction of sp³-hybridized carbons (Fsp3) is 0.231. The molecule has 0 bridgehead atoms. The van der Waals surface area contributed by atoms with Crippen LogP contribution in [-0.4, -0.2) is 19.1 Å². The van der Waals surface area contributed by atoms with Crippen LogP contribution in [0.15, 0.2) is 24.3 Å². The molecule has 0 aliphatic rings. The number of rotatable bonds is 5. The van der Waals surface area contributed by atoms with Crippen molar-refractivity contribution >= 4 is 11.6 Å². The number of hydrogen-bond acceptors (Lipinski definition) is 3. The monoisotopic (exact) mass is 228 g/mol. The molecule has 4 nitrogen and oxygen atoms in total. The number of hydrogen-bond donors (Lipinski definition) is 1.